The van der Waals surface area contributed by atoms with Crippen LogP contribution in [-0.2, 0) is 0 Å². The molecule has 0 aliphatic carbocycles. The number of rotatable bonds is 5. The molecule has 104 valence electrons. The summed E-state index contributed by atoms with van der Waals surface area (Å²) in [6.45, 7) is 0. The van der Waals surface area contributed by atoms with Crippen LogP contribution < -0.4 is 16.6 Å². The zero-order valence-corrected chi connectivity index (χ0v) is 11.6. The molecule has 0 spiro atoms. The van der Waals surface area contributed by atoms with Crippen molar-refractivity contribution < 1.29 is 4.92 Å². The van der Waals surface area contributed by atoms with Crippen LogP contribution in [0.5, 0.6) is 0 Å². The van der Waals surface area contributed by atoms with E-state index in [-0.39, 0.29) is 5.69 Å². The lowest BCUT2D eigenvalue weighted by Crippen LogP contribution is -2.07. The Morgan fingerprint density at radius 3 is 2.30 bits per heavy atom. The molecule has 0 aliphatic rings. The molecule has 0 unspecified atom stereocenters. The smallest absolute Gasteiger partial charge is 0.273 e. The lowest BCUT2D eigenvalue weighted by molar-refractivity contribution is -0.384. The van der Waals surface area contributed by atoms with E-state index < -0.39 is 4.92 Å². The van der Waals surface area contributed by atoms with Crippen molar-refractivity contribution in [3.63, 3.8) is 0 Å². The van der Waals surface area contributed by atoms with Crippen LogP contribution in [0.1, 0.15) is 0 Å². The number of nitro groups is 1. The molecule has 0 saturated carbocycles. The Labute approximate surface area is 120 Å². The van der Waals surface area contributed by atoms with Crippen LogP contribution in [0.3, 0.4) is 0 Å². The highest BCUT2D eigenvalue weighted by Gasteiger charge is 2.09. The summed E-state index contributed by atoms with van der Waals surface area (Å²) in [4.78, 5) is 11.6. The molecule has 0 aliphatic heterocycles. The van der Waals surface area contributed by atoms with Gasteiger partial charge >= 0.3 is 0 Å². The third-order valence-electron chi connectivity index (χ3n) is 2.67. The number of thioether (sulfide) groups is 1. The van der Waals surface area contributed by atoms with E-state index in [4.69, 9.17) is 5.84 Å². The number of anilines is 3. The molecular formula is C13H14N4O2S. The molecule has 0 fully saturated rings. The topological polar surface area (TPSA) is 93.2 Å². The first-order chi connectivity index (χ1) is 9.62. The Morgan fingerprint density at radius 2 is 1.75 bits per heavy atom. The fraction of sp³-hybridized carbons (Fsp3) is 0.0769. The van der Waals surface area contributed by atoms with Crippen LogP contribution in [0.25, 0.3) is 0 Å². The molecule has 2 rings (SSSR count). The monoisotopic (exact) mass is 290 g/mol. The second kappa shape index (κ2) is 6.27. The summed E-state index contributed by atoms with van der Waals surface area (Å²) in [5.41, 5.74) is 4.32. The molecule has 0 amide bonds. The minimum absolute atomic E-state index is 0.0244. The number of nitrogen functional groups attached to an aromatic ring is 1. The van der Waals surface area contributed by atoms with Gasteiger partial charge in [-0.15, -0.1) is 11.8 Å². The zero-order valence-electron chi connectivity index (χ0n) is 10.8. The van der Waals surface area contributed by atoms with Crippen LogP contribution in [0.4, 0.5) is 22.7 Å². The molecule has 4 N–H and O–H groups in total. The summed E-state index contributed by atoms with van der Waals surface area (Å²) in [6, 6.07) is 12.3. The molecule has 0 aromatic heterocycles. The number of non-ortho nitro benzene ring substituents is 1. The Balaban J connectivity index is 2.27. The highest BCUT2D eigenvalue weighted by Crippen LogP contribution is 2.27. The zero-order chi connectivity index (χ0) is 14.5. The molecular weight excluding hydrogens is 276 g/mol. The van der Waals surface area contributed by atoms with Gasteiger partial charge in [0.05, 0.1) is 10.6 Å². The maximum Gasteiger partial charge on any atom is 0.273 e. The van der Waals surface area contributed by atoms with Gasteiger partial charge in [-0.2, -0.15) is 0 Å². The average molecular weight is 290 g/mol. The Hall–Kier alpha value is -2.25. The van der Waals surface area contributed by atoms with Crippen LogP contribution >= 0.6 is 11.8 Å². The average Bonchev–Trinajstić information content (AvgIpc) is 2.47. The summed E-state index contributed by atoms with van der Waals surface area (Å²) in [6.07, 6.45) is 2.00. The number of hydrazine groups is 1. The number of hydrogen-bond donors (Lipinski definition) is 3. The van der Waals surface area contributed by atoms with Crippen molar-refractivity contribution in [3.8, 4) is 0 Å². The van der Waals surface area contributed by atoms with E-state index in [2.05, 4.69) is 10.7 Å². The molecule has 0 atom stereocenters. The van der Waals surface area contributed by atoms with Gasteiger partial charge in [-0.1, -0.05) is 0 Å². The van der Waals surface area contributed by atoms with Gasteiger partial charge in [-0.3, -0.25) is 16.0 Å². The molecule has 7 heteroatoms. The summed E-state index contributed by atoms with van der Waals surface area (Å²) in [5, 5.41) is 14.0. The highest BCUT2D eigenvalue weighted by molar-refractivity contribution is 7.98. The number of benzene rings is 2. The van der Waals surface area contributed by atoms with E-state index in [0.29, 0.717) is 11.4 Å². The lowest BCUT2D eigenvalue weighted by Gasteiger charge is -2.09. The van der Waals surface area contributed by atoms with Crippen molar-refractivity contribution in [1.82, 2.24) is 0 Å². The van der Waals surface area contributed by atoms with Gasteiger partial charge in [0.25, 0.3) is 5.69 Å². The molecule has 2 aromatic rings. The van der Waals surface area contributed by atoms with Gasteiger partial charge in [-0.05, 0) is 36.6 Å². The molecule has 0 radical (unpaired) electrons. The number of nitro benzene ring substituents is 1. The van der Waals surface area contributed by atoms with Crippen LogP contribution in [0.2, 0.25) is 0 Å². The maximum absolute atomic E-state index is 10.9. The van der Waals surface area contributed by atoms with Gasteiger partial charge in [0.2, 0.25) is 0 Å². The van der Waals surface area contributed by atoms with Crippen molar-refractivity contribution in [2.75, 3.05) is 17.0 Å². The fourth-order valence-corrected chi connectivity index (χ4v) is 2.12. The second-order valence-corrected chi connectivity index (χ2v) is 4.90. The predicted molar refractivity (Wildman–Crippen MR) is 82.4 cm³/mol. The largest absolute Gasteiger partial charge is 0.355 e. The first kappa shape index (κ1) is 14.2. The molecule has 6 nitrogen and oxygen atoms in total. The molecule has 0 heterocycles. The fourth-order valence-electron chi connectivity index (χ4n) is 1.71. The number of hydrogen-bond acceptors (Lipinski definition) is 6. The molecule has 0 saturated heterocycles. The Morgan fingerprint density at radius 1 is 1.10 bits per heavy atom. The summed E-state index contributed by atoms with van der Waals surface area (Å²) in [5.74, 6) is 5.32. The number of nitrogens with two attached hydrogens (primary N) is 1. The minimum atomic E-state index is -0.456. The van der Waals surface area contributed by atoms with Crippen LogP contribution in [-0.4, -0.2) is 11.2 Å². The molecule has 20 heavy (non-hydrogen) atoms. The van der Waals surface area contributed by atoms with Gasteiger partial charge in [-0.25, -0.2) is 0 Å². The van der Waals surface area contributed by atoms with Crippen LogP contribution in [0, 0.1) is 10.1 Å². The van der Waals surface area contributed by atoms with Gasteiger partial charge in [0.15, 0.2) is 0 Å². The van der Waals surface area contributed by atoms with Crippen LogP contribution in [0.15, 0.2) is 47.4 Å². The van der Waals surface area contributed by atoms with Crippen molar-refractivity contribution in [2.45, 2.75) is 4.90 Å². The molecule has 2 aromatic carbocycles. The van der Waals surface area contributed by atoms with E-state index in [0.717, 1.165) is 10.6 Å². The Bertz CT molecular complexity index is 616. The first-order valence-electron chi connectivity index (χ1n) is 5.79. The maximum atomic E-state index is 10.9. The third-order valence-corrected chi connectivity index (χ3v) is 3.42. The van der Waals surface area contributed by atoms with Crippen molar-refractivity contribution >= 4 is 34.5 Å². The van der Waals surface area contributed by atoms with E-state index in [1.807, 2.05) is 30.5 Å². The summed E-state index contributed by atoms with van der Waals surface area (Å²) < 4.78 is 0. The van der Waals surface area contributed by atoms with Crippen molar-refractivity contribution in [1.29, 1.82) is 0 Å². The van der Waals surface area contributed by atoms with Gasteiger partial charge < -0.3 is 10.7 Å². The van der Waals surface area contributed by atoms with E-state index in [1.54, 1.807) is 17.8 Å². The second-order valence-electron chi connectivity index (χ2n) is 4.02. The van der Waals surface area contributed by atoms with E-state index in [1.165, 1.54) is 12.1 Å². The van der Waals surface area contributed by atoms with E-state index in [9.17, 15) is 10.1 Å². The van der Waals surface area contributed by atoms with Gasteiger partial charge in [0.1, 0.15) is 0 Å². The van der Waals surface area contributed by atoms with Gasteiger partial charge in [0, 0.05) is 28.4 Å². The normalized spacial score (nSPS) is 10.1. The third kappa shape index (κ3) is 3.40. The summed E-state index contributed by atoms with van der Waals surface area (Å²) in [7, 11) is 0. The van der Waals surface area contributed by atoms with Crippen molar-refractivity contribution in [3.05, 3.63) is 52.6 Å². The van der Waals surface area contributed by atoms with Crippen molar-refractivity contribution in [2.24, 2.45) is 5.84 Å². The minimum Gasteiger partial charge on any atom is -0.355 e. The predicted octanol–water partition coefficient (Wildman–Crippen LogP) is 3.35. The number of nitrogens with one attached hydrogen (secondary N) is 2. The highest BCUT2D eigenvalue weighted by atomic mass is 32.2. The lowest BCUT2D eigenvalue weighted by atomic mass is 10.2. The number of nitrogens with zero attached hydrogens (tertiary/aromatic N) is 1. The standard InChI is InChI=1S/C13H14N4O2S/c1-20-13-4-2-9(3-5-13)15-10-6-11(16-14)8-12(7-10)17(18)19/h2-8,15-16H,14H2,1H3. The Kier molecular flexibility index (Phi) is 4.44. The van der Waals surface area contributed by atoms with E-state index >= 15 is 0 Å². The molecule has 0 bridgehead atoms. The SMILES string of the molecule is CSc1ccc(Nc2cc(NN)cc([N+](=O)[O-])c2)cc1. The quantitative estimate of drug-likeness (QED) is 0.338. The first-order valence-corrected chi connectivity index (χ1v) is 7.02. The summed E-state index contributed by atoms with van der Waals surface area (Å²) >= 11 is 1.65.